The molecule has 2 fully saturated rings. The molecular weight excluding hydrogens is 158 g/mol. The molecule has 1 heteroatoms. The molecule has 2 aliphatic carbocycles. The summed E-state index contributed by atoms with van der Waals surface area (Å²) in [7, 11) is 0. The van der Waals surface area contributed by atoms with E-state index in [4.69, 9.17) is 5.73 Å². The van der Waals surface area contributed by atoms with E-state index in [-0.39, 0.29) is 0 Å². The molecule has 0 heterocycles. The summed E-state index contributed by atoms with van der Waals surface area (Å²) in [5.74, 6) is 4.06. The Bertz CT molecular complexity index is 191. The lowest BCUT2D eigenvalue weighted by Crippen LogP contribution is -1.98. The van der Waals surface area contributed by atoms with Crippen LogP contribution in [0.2, 0.25) is 0 Å². The van der Waals surface area contributed by atoms with Crippen LogP contribution in [0.4, 0.5) is 0 Å². The summed E-state index contributed by atoms with van der Waals surface area (Å²) in [4.78, 5) is 0. The molecule has 1 spiro atoms. The maximum absolute atomic E-state index is 5.51. The second-order valence-corrected chi connectivity index (χ2v) is 5.26. The highest BCUT2D eigenvalue weighted by atomic mass is 14.8. The zero-order chi connectivity index (χ0) is 9.64. The molecule has 0 amide bonds. The number of rotatable bonds is 4. The highest BCUT2D eigenvalue weighted by molar-refractivity contribution is 5.24. The average molecular weight is 181 g/mol. The van der Waals surface area contributed by atoms with E-state index in [0.29, 0.717) is 0 Å². The predicted molar refractivity (Wildman–Crippen MR) is 56.3 cm³/mol. The van der Waals surface area contributed by atoms with Crippen molar-refractivity contribution in [2.45, 2.75) is 40.0 Å². The zero-order valence-electron chi connectivity index (χ0n) is 9.22. The highest BCUT2D eigenvalue weighted by Crippen LogP contribution is 2.82. The van der Waals surface area contributed by atoms with Crippen LogP contribution < -0.4 is 5.73 Å². The van der Waals surface area contributed by atoms with Crippen LogP contribution in [0.5, 0.6) is 0 Å². The topological polar surface area (TPSA) is 26.0 Å². The Hall–Kier alpha value is -0.0400. The SMILES string of the molecule is CC1C(C)C12C(C)C2CCCCN. The van der Waals surface area contributed by atoms with Gasteiger partial charge in [-0.25, -0.2) is 0 Å². The van der Waals surface area contributed by atoms with Gasteiger partial charge in [0.05, 0.1) is 0 Å². The van der Waals surface area contributed by atoms with Gasteiger partial charge in [-0.15, -0.1) is 0 Å². The normalized spacial score (nSPS) is 52.6. The third kappa shape index (κ3) is 1.09. The van der Waals surface area contributed by atoms with Crippen LogP contribution in [0, 0.1) is 29.1 Å². The lowest BCUT2D eigenvalue weighted by atomic mass is 10.1. The molecule has 0 aliphatic heterocycles. The number of hydrogen-bond acceptors (Lipinski definition) is 1. The van der Waals surface area contributed by atoms with Gasteiger partial charge in [0.1, 0.15) is 0 Å². The summed E-state index contributed by atoms with van der Waals surface area (Å²) in [6.45, 7) is 8.19. The van der Waals surface area contributed by atoms with Gasteiger partial charge >= 0.3 is 0 Å². The van der Waals surface area contributed by atoms with Crippen LogP contribution in [0.15, 0.2) is 0 Å². The molecule has 76 valence electrons. The van der Waals surface area contributed by atoms with E-state index in [9.17, 15) is 0 Å². The average Bonchev–Trinajstić information content (AvgIpc) is 2.87. The summed E-state index contributed by atoms with van der Waals surface area (Å²) in [5.41, 5.74) is 6.31. The maximum atomic E-state index is 5.51. The Labute approximate surface area is 82.1 Å². The lowest BCUT2D eigenvalue weighted by molar-refractivity contribution is 0.558. The third-order valence-electron chi connectivity index (χ3n) is 5.11. The van der Waals surface area contributed by atoms with Crippen molar-refractivity contribution >= 4 is 0 Å². The van der Waals surface area contributed by atoms with Crippen LogP contribution in [-0.4, -0.2) is 6.54 Å². The van der Waals surface area contributed by atoms with E-state index in [1.807, 2.05) is 0 Å². The molecule has 0 radical (unpaired) electrons. The molecule has 1 nitrogen and oxygen atoms in total. The van der Waals surface area contributed by atoms with Crippen molar-refractivity contribution in [1.82, 2.24) is 0 Å². The Morgan fingerprint density at radius 3 is 2.00 bits per heavy atom. The Morgan fingerprint density at radius 1 is 1.00 bits per heavy atom. The molecule has 2 saturated carbocycles. The Balaban J connectivity index is 1.79. The molecule has 0 bridgehead atoms. The summed E-state index contributed by atoms with van der Waals surface area (Å²) in [5, 5.41) is 0. The van der Waals surface area contributed by atoms with Gasteiger partial charge in [0.25, 0.3) is 0 Å². The summed E-state index contributed by atoms with van der Waals surface area (Å²) in [6, 6.07) is 0. The third-order valence-corrected chi connectivity index (χ3v) is 5.11. The molecule has 4 atom stereocenters. The van der Waals surface area contributed by atoms with Gasteiger partial charge in [0.2, 0.25) is 0 Å². The fraction of sp³-hybridized carbons (Fsp3) is 1.00. The van der Waals surface area contributed by atoms with Crippen molar-refractivity contribution < 1.29 is 0 Å². The molecule has 0 saturated heterocycles. The van der Waals surface area contributed by atoms with Gasteiger partial charge in [0.15, 0.2) is 0 Å². The molecule has 2 N–H and O–H groups in total. The van der Waals surface area contributed by atoms with Gasteiger partial charge < -0.3 is 5.73 Å². The fourth-order valence-electron chi connectivity index (χ4n) is 4.06. The van der Waals surface area contributed by atoms with Gasteiger partial charge in [-0.3, -0.25) is 0 Å². The first kappa shape index (κ1) is 9.51. The van der Waals surface area contributed by atoms with E-state index >= 15 is 0 Å². The maximum Gasteiger partial charge on any atom is -0.00773 e. The van der Waals surface area contributed by atoms with Crippen molar-refractivity contribution in [3.8, 4) is 0 Å². The van der Waals surface area contributed by atoms with Crippen molar-refractivity contribution in [3.05, 3.63) is 0 Å². The summed E-state index contributed by atoms with van der Waals surface area (Å²) in [6.07, 6.45) is 4.02. The minimum absolute atomic E-state index is 0.800. The van der Waals surface area contributed by atoms with Crippen LogP contribution in [0.1, 0.15) is 40.0 Å². The Kier molecular flexibility index (Phi) is 2.18. The second-order valence-electron chi connectivity index (χ2n) is 5.26. The molecule has 2 rings (SSSR count). The van der Waals surface area contributed by atoms with Gasteiger partial charge in [-0.1, -0.05) is 27.2 Å². The number of hydrogen-bond donors (Lipinski definition) is 1. The van der Waals surface area contributed by atoms with E-state index in [0.717, 1.165) is 35.6 Å². The van der Waals surface area contributed by atoms with Gasteiger partial charge in [-0.05, 0) is 48.5 Å². The number of nitrogens with two attached hydrogens (primary N) is 1. The van der Waals surface area contributed by atoms with E-state index in [2.05, 4.69) is 20.8 Å². The van der Waals surface area contributed by atoms with E-state index in [1.54, 1.807) is 0 Å². The molecule has 0 aromatic rings. The smallest absolute Gasteiger partial charge is 0.00773 e. The lowest BCUT2D eigenvalue weighted by Gasteiger charge is -1.97. The molecule has 4 unspecified atom stereocenters. The molecule has 2 aliphatic rings. The van der Waals surface area contributed by atoms with Crippen LogP contribution in [0.25, 0.3) is 0 Å². The Morgan fingerprint density at radius 2 is 1.62 bits per heavy atom. The summed E-state index contributed by atoms with van der Waals surface area (Å²) < 4.78 is 0. The first-order chi connectivity index (χ1) is 6.17. The molecule has 0 aromatic heterocycles. The van der Waals surface area contributed by atoms with Crippen LogP contribution in [0.3, 0.4) is 0 Å². The van der Waals surface area contributed by atoms with E-state index < -0.39 is 0 Å². The fourth-order valence-corrected chi connectivity index (χ4v) is 4.06. The summed E-state index contributed by atoms with van der Waals surface area (Å²) >= 11 is 0. The van der Waals surface area contributed by atoms with Crippen molar-refractivity contribution in [1.29, 1.82) is 0 Å². The minimum atomic E-state index is 0.800. The highest BCUT2D eigenvalue weighted by Gasteiger charge is 2.77. The zero-order valence-corrected chi connectivity index (χ0v) is 9.22. The van der Waals surface area contributed by atoms with Crippen LogP contribution in [-0.2, 0) is 0 Å². The van der Waals surface area contributed by atoms with E-state index in [1.165, 1.54) is 19.3 Å². The largest absolute Gasteiger partial charge is 0.330 e. The van der Waals surface area contributed by atoms with Gasteiger partial charge in [0, 0.05) is 0 Å². The first-order valence-corrected chi connectivity index (χ1v) is 5.87. The van der Waals surface area contributed by atoms with Gasteiger partial charge in [-0.2, -0.15) is 0 Å². The molecule has 0 aromatic carbocycles. The van der Waals surface area contributed by atoms with Crippen molar-refractivity contribution in [3.63, 3.8) is 0 Å². The monoisotopic (exact) mass is 181 g/mol. The first-order valence-electron chi connectivity index (χ1n) is 5.87. The molecular formula is C12H23N. The second kappa shape index (κ2) is 2.98. The minimum Gasteiger partial charge on any atom is -0.330 e. The predicted octanol–water partition coefficient (Wildman–Crippen LogP) is 2.65. The quantitative estimate of drug-likeness (QED) is 0.663. The number of unbranched alkanes of at least 4 members (excludes halogenated alkanes) is 1. The van der Waals surface area contributed by atoms with Crippen molar-refractivity contribution in [2.75, 3.05) is 6.54 Å². The van der Waals surface area contributed by atoms with Crippen LogP contribution >= 0.6 is 0 Å². The molecule has 13 heavy (non-hydrogen) atoms. The van der Waals surface area contributed by atoms with Crippen molar-refractivity contribution in [2.24, 2.45) is 34.8 Å². The standard InChI is InChI=1S/C12H23N/c1-8-9(2)12(8)10(3)11(12)6-4-5-7-13/h8-11H,4-7,13H2,1-3H3.